The molecule has 0 bridgehead atoms. The highest BCUT2D eigenvalue weighted by Gasteiger charge is 2.36. The second-order valence-electron chi connectivity index (χ2n) is 4.79. The topological polar surface area (TPSA) is 29.0 Å². The third-order valence-corrected chi connectivity index (χ3v) is 4.18. The molecule has 0 amide bonds. The van der Waals surface area contributed by atoms with Crippen LogP contribution in [0.2, 0.25) is 5.02 Å². The van der Waals surface area contributed by atoms with E-state index < -0.39 is 0 Å². The fraction of sp³-hybridized carbons (Fsp3) is 0.667. The summed E-state index contributed by atoms with van der Waals surface area (Å²) in [6.45, 7) is 1.10. The van der Waals surface area contributed by atoms with Gasteiger partial charge in [0.2, 0.25) is 0 Å². The average molecular weight is 238 g/mol. The Hall–Kier alpha value is -0.830. The van der Waals surface area contributed by atoms with Crippen LogP contribution < -0.4 is 4.90 Å². The summed E-state index contributed by atoms with van der Waals surface area (Å²) in [7, 11) is 0. The maximum Gasteiger partial charge on any atom is 0.151 e. The summed E-state index contributed by atoms with van der Waals surface area (Å²) in [5, 5.41) is 0.689. The van der Waals surface area contributed by atoms with Gasteiger partial charge in [0.25, 0.3) is 0 Å². The first-order chi connectivity index (χ1) is 7.86. The van der Waals surface area contributed by atoms with E-state index in [2.05, 4.69) is 14.9 Å². The molecule has 1 atom stereocenters. The second-order valence-corrected chi connectivity index (χ2v) is 5.20. The Morgan fingerprint density at radius 1 is 1.25 bits per heavy atom. The Labute approximate surface area is 101 Å². The molecule has 1 aliphatic heterocycles. The molecule has 1 saturated carbocycles. The molecule has 1 unspecified atom stereocenters. The minimum atomic E-state index is 0.668. The zero-order chi connectivity index (χ0) is 11.0. The molecule has 1 aromatic heterocycles. The van der Waals surface area contributed by atoms with Crippen molar-refractivity contribution in [2.45, 2.75) is 38.1 Å². The van der Waals surface area contributed by atoms with Gasteiger partial charge < -0.3 is 4.90 Å². The highest BCUT2D eigenvalue weighted by Crippen LogP contribution is 2.39. The molecule has 2 fully saturated rings. The molecule has 3 rings (SSSR count). The summed E-state index contributed by atoms with van der Waals surface area (Å²) in [6, 6.07) is 0.668. The molecule has 0 radical (unpaired) electrons. The summed E-state index contributed by atoms with van der Waals surface area (Å²) in [4.78, 5) is 10.7. The van der Waals surface area contributed by atoms with Gasteiger partial charge in [0, 0.05) is 12.6 Å². The Morgan fingerprint density at radius 3 is 2.81 bits per heavy atom. The van der Waals surface area contributed by atoms with Crippen molar-refractivity contribution in [3.05, 3.63) is 17.5 Å². The van der Waals surface area contributed by atoms with Crippen LogP contribution in [0.5, 0.6) is 0 Å². The van der Waals surface area contributed by atoms with Crippen molar-refractivity contribution in [1.82, 2.24) is 9.97 Å². The molecule has 0 N–H and O–H groups in total. The van der Waals surface area contributed by atoms with E-state index in [1.165, 1.54) is 32.1 Å². The van der Waals surface area contributed by atoms with Crippen LogP contribution in [0.4, 0.5) is 5.82 Å². The van der Waals surface area contributed by atoms with Crippen molar-refractivity contribution < 1.29 is 0 Å². The van der Waals surface area contributed by atoms with Gasteiger partial charge in [-0.05, 0) is 31.6 Å². The summed E-state index contributed by atoms with van der Waals surface area (Å²) in [5.74, 6) is 1.81. The molecule has 0 spiro atoms. The van der Waals surface area contributed by atoms with E-state index >= 15 is 0 Å². The van der Waals surface area contributed by atoms with Gasteiger partial charge in [-0.25, -0.2) is 9.97 Å². The quantitative estimate of drug-likeness (QED) is 0.792. The average Bonchev–Trinajstić information content (AvgIpc) is 2.65. The Bertz CT molecular complexity index is 378. The molecule has 2 aliphatic rings. The standard InChI is InChI=1S/C12H16ClN3/c13-10-7-14-8-15-12(10)16-6-2-5-11(16)9-3-1-4-9/h7-9,11H,1-6H2. The van der Waals surface area contributed by atoms with Crippen LogP contribution in [-0.4, -0.2) is 22.6 Å². The minimum Gasteiger partial charge on any atom is -0.352 e. The number of anilines is 1. The highest BCUT2D eigenvalue weighted by atomic mass is 35.5. The maximum absolute atomic E-state index is 6.17. The lowest BCUT2D eigenvalue weighted by Gasteiger charge is -2.37. The second kappa shape index (κ2) is 4.21. The largest absolute Gasteiger partial charge is 0.352 e. The number of hydrogen-bond acceptors (Lipinski definition) is 3. The van der Waals surface area contributed by atoms with Gasteiger partial charge in [-0.15, -0.1) is 0 Å². The number of nitrogens with zero attached hydrogens (tertiary/aromatic N) is 3. The third kappa shape index (κ3) is 1.67. The fourth-order valence-electron chi connectivity index (χ4n) is 2.89. The van der Waals surface area contributed by atoms with E-state index in [0.717, 1.165) is 18.3 Å². The lowest BCUT2D eigenvalue weighted by Crippen LogP contribution is -2.39. The summed E-state index contributed by atoms with van der Waals surface area (Å²) in [6.07, 6.45) is 10.0. The summed E-state index contributed by atoms with van der Waals surface area (Å²) < 4.78 is 0. The first kappa shape index (κ1) is 10.3. The SMILES string of the molecule is Clc1cncnc1N1CCCC1C1CCC1. The lowest BCUT2D eigenvalue weighted by molar-refractivity contribution is 0.261. The van der Waals surface area contributed by atoms with Crippen molar-refractivity contribution in [3.63, 3.8) is 0 Å². The van der Waals surface area contributed by atoms with Crippen LogP contribution in [0, 0.1) is 5.92 Å². The predicted molar refractivity (Wildman–Crippen MR) is 64.8 cm³/mol. The normalized spacial score (nSPS) is 25.8. The number of aromatic nitrogens is 2. The van der Waals surface area contributed by atoms with Gasteiger partial charge in [0.1, 0.15) is 11.3 Å². The van der Waals surface area contributed by atoms with Crippen LogP contribution in [0.15, 0.2) is 12.5 Å². The van der Waals surface area contributed by atoms with E-state index in [1.54, 1.807) is 12.5 Å². The van der Waals surface area contributed by atoms with E-state index in [1.807, 2.05) is 0 Å². The van der Waals surface area contributed by atoms with Crippen LogP contribution >= 0.6 is 11.6 Å². The molecule has 16 heavy (non-hydrogen) atoms. The van der Waals surface area contributed by atoms with Crippen molar-refractivity contribution in [2.24, 2.45) is 5.92 Å². The summed E-state index contributed by atoms with van der Waals surface area (Å²) in [5.41, 5.74) is 0. The molecular formula is C12H16ClN3. The Kier molecular flexibility index (Phi) is 2.72. The van der Waals surface area contributed by atoms with Crippen molar-refractivity contribution in [1.29, 1.82) is 0 Å². The van der Waals surface area contributed by atoms with E-state index in [4.69, 9.17) is 11.6 Å². The van der Waals surface area contributed by atoms with Gasteiger partial charge in [-0.2, -0.15) is 0 Å². The monoisotopic (exact) mass is 237 g/mol. The Morgan fingerprint density at radius 2 is 2.12 bits per heavy atom. The number of halogens is 1. The zero-order valence-electron chi connectivity index (χ0n) is 9.27. The molecule has 1 aromatic rings. The van der Waals surface area contributed by atoms with Gasteiger partial charge in [-0.3, -0.25) is 0 Å². The molecule has 1 aliphatic carbocycles. The van der Waals surface area contributed by atoms with Gasteiger partial charge in [0.15, 0.2) is 5.82 Å². The van der Waals surface area contributed by atoms with Crippen LogP contribution in [-0.2, 0) is 0 Å². The molecule has 2 heterocycles. The lowest BCUT2D eigenvalue weighted by atomic mass is 9.79. The maximum atomic E-state index is 6.17. The van der Waals surface area contributed by atoms with E-state index in [-0.39, 0.29) is 0 Å². The number of rotatable bonds is 2. The van der Waals surface area contributed by atoms with Crippen molar-refractivity contribution >= 4 is 17.4 Å². The van der Waals surface area contributed by atoms with E-state index in [0.29, 0.717) is 11.1 Å². The molecule has 3 nitrogen and oxygen atoms in total. The third-order valence-electron chi connectivity index (χ3n) is 3.91. The molecule has 1 saturated heterocycles. The molecule has 4 heteroatoms. The first-order valence-corrected chi connectivity index (χ1v) is 6.46. The van der Waals surface area contributed by atoms with Crippen LogP contribution in [0.3, 0.4) is 0 Å². The van der Waals surface area contributed by atoms with Crippen LogP contribution in [0.25, 0.3) is 0 Å². The molecule has 86 valence electrons. The number of hydrogen-bond donors (Lipinski definition) is 0. The smallest absolute Gasteiger partial charge is 0.151 e. The molecule has 0 aromatic carbocycles. The minimum absolute atomic E-state index is 0.668. The van der Waals surface area contributed by atoms with Gasteiger partial charge in [-0.1, -0.05) is 18.0 Å². The van der Waals surface area contributed by atoms with Gasteiger partial charge in [0.05, 0.1) is 6.20 Å². The van der Waals surface area contributed by atoms with E-state index in [9.17, 15) is 0 Å². The van der Waals surface area contributed by atoms with Crippen molar-refractivity contribution in [3.8, 4) is 0 Å². The summed E-state index contributed by atoms with van der Waals surface area (Å²) >= 11 is 6.17. The predicted octanol–water partition coefficient (Wildman–Crippen LogP) is 2.90. The van der Waals surface area contributed by atoms with Crippen LogP contribution in [0.1, 0.15) is 32.1 Å². The molecular weight excluding hydrogens is 222 g/mol. The zero-order valence-corrected chi connectivity index (χ0v) is 10.0. The van der Waals surface area contributed by atoms with Gasteiger partial charge >= 0.3 is 0 Å². The fourth-order valence-corrected chi connectivity index (χ4v) is 3.10. The van der Waals surface area contributed by atoms with Crippen molar-refractivity contribution in [2.75, 3.05) is 11.4 Å². The Balaban J connectivity index is 1.85. The highest BCUT2D eigenvalue weighted by molar-refractivity contribution is 6.32. The first-order valence-electron chi connectivity index (χ1n) is 6.08.